The van der Waals surface area contributed by atoms with Gasteiger partial charge in [0.25, 0.3) is 0 Å². The van der Waals surface area contributed by atoms with Crippen LogP contribution in [0.5, 0.6) is 0 Å². The van der Waals surface area contributed by atoms with E-state index in [1.807, 2.05) is 32.9 Å². The van der Waals surface area contributed by atoms with Crippen molar-refractivity contribution in [2.45, 2.75) is 20.8 Å². The number of hydrogen-bond acceptors (Lipinski definition) is 1. The van der Waals surface area contributed by atoms with Gasteiger partial charge < -0.3 is 0 Å². The monoisotopic (exact) mass is 162 g/mol. The first-order valence-corrected chi connectivity index (χ1v) is 4.40. The molecule has 64 valence electrons. The lowest BCUT2D eigenvalue weighted by atomic mass is 9.58. The molecule has 0 aromatic carbocycles. The molecular formula is C11H14O. The fraction of sp³-hybridized carbons (Fsp3) is 0.545. The molecule has 12 heavy (non-hydrogen) atoms. The minimum absolute atomic E-state index is 0.196. The third-order valence-electron chi connectivity index (χ3n) is 3.21. The molecule has 0 unspecified atom stereocenters. The normalized spacial score (nSPS) is 42.2. The SMILES string of the molecule is CC12C=CC(C=C1)C(C)(C)C2=O. The molecule has 1 heteroatoms. The molecule has 3 aliphatic carbocycles. The Labute approximate surface area is 73.2 Å². The van der Waals surface area contributed by atoms with Gasteiger partial charge in [-0.05, 0) is 6.92 Å². The number of hydrogen-bond donors (Lipinski definition) is 0. The zero-order valence-corrected chi connectivity index (χ0v) is 7.79. The number of carbonyl (C=O) groups excluding carboxylic acids is 1. The van der Waals surface area contributed by atoms with Gasteiger partial charge in [0.15, 0.2) is 5.78 Å². The van der Waals surface area contributed by atoms with E-state index in [0.717, 1.165) is 0 Å². The minimum atomic E-state index is -0.321. The first-order chi connectivity index (χ1) is 5.47. The van der Waals surface area contributed by atoms with Crippen molar-refractivity contribution in [3.8, 4) is 0 Å². The van der Waals surface area contributed by atoms with Crippen LogP contribution in [0.25, 0.3) is 0 Å². The summed E-state index contributed by atoms with van der Waals surface area (Å²) in [6, 6.07) is 0. The van der Waals surface area contributed by atoms with Crippen LogP contribution in [0.4, 0.5) is 0 Å². The maximum Gasteiger partial charge on any atom is 0.152 e. The summed E-state index contributed by atoms with van der Waals surface area (Å²) in [6.45, 7) is 6.05. The van der Waals surface area contributed by atoms with E-state index in [4.69, 9.17) is 0 Å². The molecule has 0 amide bonds. The van der Waals surface area contributed by atoms with Crippen molar-refractivity contribution in [2.24, 2.45) is 16.7 Å². The van der Waals surface area contributed by atoms with Gasteiger partial charge in [0, 0.05) is 11.3 Å². The van der Waals surface area contributed by atoms with Crippen LogP contribution in [0.2, 0.25) is 0 Å². The number of Topliss-reactive ketones (excluding diaryl/α,β-unsaturated/α-hetero) is 1. The summed E-state index contributed by atoms with van der Waals surface area (Å²) >= 11 is 0. The highest BCUT2D eigenvalue weighted by atomic mass is 16.1. The fourth-order valence-electron chi connectivity index (χ4n) is 2.20. The minimum Gasteiger partial charge on any atom is -0.298 e. The van der Waals surface area contributed by atoms with Gasteiger partial charge in [-0.25, -0.2) is 0 Å². The molecule has 0 aliphatic heterocycles. The van der Waals surface area contributed by atoms with Crippen LogP contribution >= 0.6 is 0 Å². The first kappa shape index (κ1) is 7.78. The Hall–Kier alpha value is -0.850. The summed E-state index contributed by atoms with van der Waals surface area (Å²) in [6.07, 6.45) is 8.37. The highest BCUT2D eigenvalue weighted by Crippen LogP contribution is 2.47. The smallest absolute Gasteiger partial charge is 0.152 e. The van der Waals surface area contributed by atoms with Gasteiger partial charge in [0.1, 0.15) is 0 Å². The Morgan fingerprint density at radius 1 is 1.17 bits per heavy atom. The van der Waals surface area contributed by atoms with Gasteiger partial charge >= 0.3 is 0 Å². The lowest BCUT2D eigenvalue weighted by Gasteiger charge is -2.44. The van der Waals surface area contributed by atoms with Crippen LogP contribution in [-0.4, -0.2) is 5.78 Å². The van der Waals surface area contributed by atoms with Crippen molar-refractivity contribution in [2.75, 3.05) is 0 Å². The molecule has 0 saturated heterocycles. The molecule has 0 radical (unpaired) electrons. The zero-order chi connectivity index (χ0) is 8.98. The van der Waals surface area contributed by atoms with E-state index < -0.39 is 0 Å². The molecule has 0 aromatic rings. The second-order valence-electron chi connectivity index (χ2n) is 4.58. The lowest BCUT2D eigenvalue weighted by molar-refractivity contribution is -0.135. The van der Waals surface area contributed by atoms with Crippen molar-refractivity contribution in [1.82, 2.24) is 0 Å². The average molecular weight is 162 g/mol. The van der Waals surface area contributed by atoms with Crippen molar-refractivity contribution < 1.29 is 4.79 Å². The van der Waals surface area contributed by atoms with E-state index in [0.29, 0.717) is 11.7 Å². The second kappa shape index (κ2) is 1.90. The van der Waals surface area contributed by atoms with Crippen LogP contribution in [0, 0.1) is 16.7 Å². The lowest BCUT2D eigenvalue weighted by Crippen LogP contribution is -2.46. The van der Waals surface area contributed by atoms with Crippen molar-refractivity contribution in [1.29, 1.82) is 0 Å². The van der Waals surface area contributed by atoms with Crippen molar-refractivity contribution in [3.63, 3.8) is 0 Å². The standard InChI is InChI=1S/C11H14O/c1-10(2)8-4-6-11(3,7-5-8)9(10)12/h4-8H,1-3H3. The number of carbonyl (C=O) groups is 1. The Bertz CT molecular complexity index is 280. The zero-order valence-electron chi connectivity index (χ0n) is 7.79. The molecule has 2 bridgehead atoms. The topological polar surface area (TPSA) is 17.1 Å². The molecule has 0 N–H and O–H groups in total. The van der Waals surface area contributed by atoms with Crippen LogP contribution in [-0.2, 0) is 4.79 Å². The molecule has 0 spiro atoms. The van der Waals surface area contributed by atoms with E-state index in [-0.39, 0.29) is 10.8 Å². The largest absolute Gasteiger partial charge is 0.298 e. The molecule has 0 heterocycles. The second-order valence-corrected chi connectivity index (χ2v) is 4.58. The number of fused-ring (bicyclic) bond motifs is 1. The maximum atomic E-state index is 11.9. The summed E-state index contributed by atoms with van der Waals surface area (Å²) in [5, 5.41) is 0. The van der Waals surface area contributed by atoms with Gasteiger partial charge in [-0.1, -0.05) is 38.2 Å². The predicted octanol–water partition coefficient (Wildman–Crippen LogP) is 2.34. The number of ketones is 1. The van der Waals surface area contributed by atoms with E-state index in [1.165, 1.54) is 0 Å². The average Bonchev–Trinajstić information content (AvgIpc) is 2.01. The van der Waals surface area contributed by atoms with E-state index in [1.54, 1.807) is 0 Å². The Morgan fingerprint density at radius 2 is 1.67 bits per heavy atom. The third-order valence-corrected chi connectivity index (χ3v) is 3.21. The van der Waals surface area contributed by atoms with Crippen LogP contribution in [0.3, 0.4) is 0 Å². The van der Waals surface area contributed by atoms with Crippen LogP contribution in [0.15, 0.2) is 24.3 Å². The summed E-state index contributed by atoms with van der Waals surface area (Å²) < 4.78 is 0. The molecule has 0 aromatic heterocycles. The molecule has 3 rings (SSSR count). The molecule has 0 fully saturated rings. The van der Waals surface area contributed by atoms with Gasteiger partial charge in [0.05, 0.1) is 5.41 Å². The molecule has 3 aliphatic rings. The molecule has 0 saturated carbocycles. The van der Waals surface area contributed by atoms with Crippen molar-refractivity contribution >= 4 is 5.78 Å². The Balaban J connectivity index is 2.58. The third kappa shape index (κ3) is 0.715. The van der Waals surface area contributed by atoms with Crippen LogP contribution in [0.1, 0.15) is 20.8 Å². The fourth-order valence-corrected chi connectivity index (χ4v) is 2.20. The molecule has 1 nitrogen and oxygen atoms in total. The van der Waals surface area contributed by atoms with E-state index in [9.17, 15) is 4.79 Å². The van der Waals surface area contributed by atoms with Crippen molar-refractivity contribution in [3.05, 3.63) is 24.3 Å². The van der Waals surface area contributed by atoms with E-state index in [2.05, 4.69) is 12.2 Å². The van der Waals surface area contributed by atoms with Gasteiger partial charge in [-0.3, -0.25) is 4.79 Å². The molecular weight excluding hydrogens is 148 g/mol. The predicted molar refractivity (Wildman–Crippen MR) is 48.7 cm³/mol. The summed E-state index contributed by atoms with van der Waals surface area (Å²) in [7, 11) is 0. The highest BCUT2D eigenvalue weighted by molar-refractivity contribution is 5.95. The van der Waals surface area contributed by atoms with Gasteiger partial charge in [-0.2, -0.15) is 0 Å². The number of rotatable bonds is 0. The summed E-state index contributed by atoms with van der Waals surface area (Å²) in [5.74, 6) is 0.664. The van der Waals surface area contributed by atoms with Crippen LogP contribution < -0.4 is 0 Å². The number of allylic oxidation sites excluding steroid dienone is 4. The molecule has 0 atom stereocenters. The first-order valence-electron chi connectivity index (χ1n) is 4.40. The quantitative estimate of drug-likeness (QED) is 0.500. The Kier molecular flexibility index (Phi) is 1.23. The van der Waals surface area contributed by atoms with Gasteiger partial charge in [0.2, 0.25) is 0 Å². The summed E-state index contributed by atoms with van der Waals surface area (Å²) in [4.78, 5) is 11.9. The van der Waals surface area contributed by atoms with E-state index >= 15 is 0 Å². The maximum absolute atomic E-state index is 11.9. The summed E-state index contributed by atoms with van der Waals surface area (Å²) in [5.41, 5.74) is -0.517. The van der Waals surface area contributed by atoms with Gasteiger partial charge in [-0.15, -0.1) is 0 Å². The Morgan fingerprint density at radius 3 is 2.00 bits per heavy atom. The highest BCUT2D eigenvalue weighted by Gasteiger charge is 2.48.